The maximum absolute atomic E-state index is 11.5. The van der Waals surface area contributed by atoms with Crippen LogP contribution >= 0.6 is 22.6 Å². The minimum Gasteiger partial charge on any atom is -0.507 e. The molecule has 1 aromatic rings. The SMILES string of the molecule is O=C(OCCC[SiH3])c1ccc(I)c(O)c1. The van der Waals surface area contributed by atoms with Gasteiger partial charge in [0.1, 0.15) is 5.75 Å². The van der Waals surface area contributed by atoms with Crippen molar-refractivity contribution in [1.29, 1.82) is 0 Å². The maximum atomic E-state index is 11.5. The summed E-state index contributed by atoms with van der Waals surface area (Å²) in [5.41, 5.74) is 0.404. The van der Waals surface area contributed by atoms with Gasteiger partial charge in [-0.3, -0.25) is 0 Å². The first kappa shape index (κ1) is 12.5. The Morgan fingerprint density at radius 2 is 2.27 bits per heavy atom. The van der Waals surface area contributed by atoms with E-state index in [2.05, 4.69) is 0 Å². The third-order valence-corrected chi connectivity index (χ3v) is 3.53. The molecule has 0 aliphatic carbocycles. The van der Waals surface area contributed by atoms with Crippen LogP contribution in [0.25, 0.3) is 0 Å². The molecule has 0 bridgehead atoms. The summed E-state index contributed by atoms with van der Waals surface area (Å²) in [6.45, 7) is 0.467. The normalized spacial score (nSPS) is 10.2. The number of hydrogen-bond acceptors (Lipinski definition) is 3. The molecule has 1 N–H and O–H groups in total. The molecular weight excluding hydrogens is 323 g/mol. The lowest BCUT2D eigenvalue weighted by molar-refractivity contribution is 0.0505. The van der Waals surface area contributed by atoms with Crippen molar-refractivity contribution >= 4 is 38.8 Å². The average Bonchev–Trinajstić information content (AvgIpc) is 2.22. The van der Waals surface area contributed by atoms with E-state index in [1.165, 1.54) is 6.07 Å². The summed E-state index contributed by atoms with van der Waals surface area (Å²) in [7, 11) is 1.13. The molecule has 0 saturated heterocycles. The molecule has 0 amide bonds. The smallest absolute Gasteiger partial charge is 0.338 e. The van der Waals surface area contributed by atoms with E-state index in [-0.39, 0.29) is 11.7 Å². The van der Waals surface area contributed by atoms with Crippen LogP contribution in [0.1, 0.15) is 16.8 Å². The van der Waals surface area contributed by atoms with Gasteiger partial charge in [-0.15, -0.1) is 0 Å². The molecule has 0 aliphatic rings. The zero-order valence-electron chi connectivity index (χ0n) is 8.50. The Hall–Kier alpha value is -0.563. The monoisotopic (exact) mass is 336 g/mol. The molecule has 5 heteroatoms. The second kappa shape index (κ2) is 6.11. The fourth-order valence-corrected chi connectivity index (χ4v) is 1.66. The lowest BCUT2D eigenvalue weighted by Gasteiger charge is -2.04. The van der Waals surface area contributed by atoms with Gasteiger partial charge in [0.15, 0.2) is 0 Å². The largest absolute Gasteiger partial charge is 0.507 e. The van der Waals surface area contributed by atoms with E-state index in [1.54, 1.807) is 12.1 Å². The van der Waals surface area contributed by atoms with Gasteiger partial charge in [-0.1, -0.05) is 6.04 Å². The Bertz CT molecular complexity index is 355. The molecule has 0 aromatic heterocycles. The summed E-state index contributed by atoms with van der Waals surface area (Å²) in [6, 6.07) is 5.92. The summed E-state index contributed by atoms with van der Waals surface area (Å²) in [6.07, 6.45) is 0.925. The Morgan fingerprint density at radius 1 is 1.53 bits per heavy atom. The predicted octanol–water partition coefficient (Wildman–Crippen LogP) is 1.33. The third-order valence-electron chi connectivity index (χ3n) is 1.91. The fraction of sp³-hybridized carbons (Fsp3) is 0.300. The van der Waals surface area contributed by atoms with E-state index < -0.39 is 0 Å². The van der Waals surface area contributed by atoms with Crippen LogP contribution in [0.5, 0.6) is 5.75 Å². The van der Waals surface area contributed by atoms with Gasteiger partial charge in [-0.25, -0.2) is 4.79 Å². The van der Waals surface area contributed by atoms with E-state index in [0.29, 0.717) is 12.2 Å². The second-order valence-corrected chi connectivity index (χ2v) is 5.32. The summed E-state index contributed by atoms with van der Waals surface area (Å²) in [5, 5.41) is 9.41. The van der Waals surface area contributed by atoms with Gasteiger partial charge in [0, 0.05) is 10.2 Å². The Morgan fingerprint density at radius 3 is 2.87 bits per heavy atom. The number of esters is 1. The van der Waals surface area contributed by atoms with Gasteiger partial charge in [0.25, 0.3) is 0 Å². The van der Waals surface area contributed by atoms with Crippen molar-refractivity contribution in [3.05, 3.63) is 27.3 Å². The highest BCUT2D eigenvalue weighted by atomic mass is 127. The topological polar surface area (TPSA) is 46.5 Å². The standard InChI is InChI=1S/C10H13IO3Si/c11-8-3-2-7(6-9(8)12)10(13)14-4-1-5-15/h2-3,6,12H,1,4-5H2,15H3. The number of carbonyl (C=O) groups excluding carboxylic acids is 1. The Labute approximate surface area is 105 Å². The molecule has 1 aromatic carbocycles. The number of benzene rings is 1. The van der Waals surface area contributed by atoms with Crippen LogP contribution < -0.4 is 0 Å². The number of carbonyl (C=O) groups is 1. The van der Waals surface area contributed by atoms with Gasteiger partial charge < -0.3 is 9.84 Å². The second-order valence-electron chi connectivity index (χ2n) is 3.16. The summed E-state index contributed by atoms with van der Waals surface area (Å²) in [5.74, 6) is -0.246. The van der Waals surface area contributed by atoms with E-state index in [4.69, 9.17) is 4.74 Å². The van der Waals surface area contributed by atoms with Crippen molar-refractivity contribution in [2.75, 3.05) is 6.61 Å². The van der Waals surface area contributed by atoms with Crippen molar-refractivity contribution in [2.24, 2.45) is 0 Å². The zero-order chi connectivity index (χ0) is 11.3. The quantitative estimate of drug-likeness (QED) is 0.391. The van der Waals surface area contributed by atoms with Crippen LogP contribution in [0.15, 0.2) is 18.2 Å². The highest BCUT2D eigenvalue weighted by molar-refractivity contribution is 14.1. The van der Waals surface area contributed by atoms with Crippen LogP contribution in [0, 0.1) is 3.57 Å². The van der Waals surface area contributed by atoms with Gasteiger partial charge in [0.05, 0.1) is 15.7 Å². The van der Waals surface area contributed by atoms with E-state index in [0.717, 1.165) is 26.3 Å². The third kappa shape index (κ3) is 3.82. The minimum atomic E-state index is -0.364. The minimum absolute atomic E-state index is 0.118. The molecule has 3 nitrogen and oxygen atoms in total. The Kier molecular flexibility index (Phi) is 5.10. The number of halogens is 1. The van der Waals surface area contributed by atoms with Crippen LogP contribution in [0.2, 0.25) is 6.04 Å². The van der Waals surface area contributed by atoms with Gasteiger partial charge >= 0.3 is 5.97 Å². The van der Waals surface area contributed by atoms with Gasteiger partial charge in [-0.05, 0) is 47.2 Å². The molecular formula is C10H13IO3Si. The average molecular weight is 336 g/mol. The summed E-state index contributed by atoms with van der Waals surface area (Å²) in [4.78, 5) is 11.5. The van der Waals surface area contributed by atoms with E-state index >= 15 is 0 Å². The number of hydrogen-bond donors (Lipinski definition) is 1. The lowest BCUT2D eigenvalue weighted by atomic mass is 10.2. The number of rotatable bonds is 4. The number of phenols is 1. The molecule has 0 heterocycles. The molecule has 0 saturated carbocycles. The van der Waals surface area contributed by atoms with Crippen LogP contribution in [-0.2, 0) is 4.74 Å². The van der Waals surface area contributed by atoms with E-state index in [9.17, 15) is 9.90 Å². The number of ether oxygens (including phenoxy) is 1. The summed E-state index contributed by atoms with van der Waals surface area (Å²) >= 11 is 2.00. The highest BCUT2D eigenvalue weighted by Gasteiger charge is 2.08. The molecule has 15 heavy (non-hydrogen) atoms. The van der Waals surface area contributed by atoms with Crippen LogP contribution in [-0.4, -0.2) is 27.9 Å². The molecule has 0 spiro atoms. The van der Waals surface area contributed by atoms with Crippen LogP contribution in [0.4, 0.5) is 0 Å². The maximum Gasteiger partial charge on any atom is 0.338 e. The number of aromatic hydroxyl groups is 1. The first-order valence-electron chi connectivity index (χ1n) is 4.80. The molecule has 0 unspecified atom stereocenters. The fourth-order valence-electron chi connectivity index (χ4n) is 1.03. The first-order chi connectivity index (χ1) is 7.15. The van der Waals surface area contributed by atoms with Gasteiger partial charge in [-0.2, -0.15) is 0 Å². The zero-order valence-corrected chi connectivity index (χ0v) is 12.7. The van der Waals surface area contributed by atoms with Crippen molar-refractivity contribution < 1.29 is 14.6 Å². The van der Waals surface area contributed by atoms with Crippen molar-refractivity contribution in [1.82, 2.24) is 0 Å². The van der Waals surface area contributed by atoms with Crippen molar-refractivity contribution in [3.8, 4) is 5.75 Å². The van der Waals surface area contributed by atoms with E-state index in [1.807, 2.05) is 22.6 Å². The highest BCUT2D eigenvalue weighted by Crippen LogP contribution is 2.20. The van der Waals surface area contributed by atoms with Crippen molar-refractivity contribution in [2.45, 2.75) is 12.5 Å². The molecule has 0 aliphatic heterocycles. The molecule has 82 valence electrons. The first-order valence-corrected chi connectivity index (χ1v) is 7.30. The molecule has 1 rings (SSSR count). The van der Waals surface area contributed by atoms with Gasteiger partial charge in [0.2, 0.25) is 0 Å². The van der Waals surface area contributed by atoms with Crippen molar-refractivity contribution in [3.63, 3.8) is 0 Å². The Balaban J connectivity index is 2.62. The lowest BCUT2D eigenvalue weighted by Crippen LogP contribution is -2.06. The number of phenolic OH excluding ortho intramolecular Hbond substituents is 1. The summed E-state index contributed by atoms with van der Waals surface area (Å²) < 4.78 is 5.76. The predicted molar refractivity (Wildman–Crippen MR) is 70.5 cm³/mol. The molecule has 0 atom stereocenters. The van der Waals surface area contributed by atoms with Crippen LogP contribution in [0.3, 0.4) is 0 Å². The molecule has 0 fully saturated rings. The molecule has 0 radical (unpaired) electrons.